The lowest BCUT2D eigenvalue weighted by atomic mass is 10.4. The van der Waals surface area contributed by atoms with Crippen LogP contribution in [-0.2, 0) is 10.0 Å². The zero-order valence-corrected chi connectivity index (χ0v) is 10.8. The van der Waals surface area contributed by atoms with E-state index in [0.717, 1.165) is 7.05 Å². The zero-order valence-electron chi connectivity index (χ0n) is 8.40. The summed E-state index contributed by atoms with van der Waals surface area (Å²) in [5.74, 6) is 0. The van der Waals surface area contributed by atoms with Crippen molar-refractivity contribution in [1.82, 2.24) is 4.31 Å². The van der Waals surface area contributed by atoms with Crippen molar-refractivity contribution in [3.8, 4) is 0 Å². The van der Waals surface area contributed by atoms with Crippen LogP contribution in [0.4, 0.5) is 8.78 Å². The summed E-state index contributed by atoms with van der Waals surface area (Å²) in [7, 11) is -2.73. The van der Waals surface area contributed by atoms with Gasteiger partial charge in [-0.3, -0.25) is 0 Å². The van der Waals surface area contributed by atoms with E-state index in [1.54, 1.807) is 12.1 Å². The number of alkyl halides is 2. The van der Waals surface area contributed by atoms with Crippen LogP contribution in [-0.4, -0.2) is 32.7 Å². The lowest BCUT2D eigenvalue weighted by molar-refractivity contribution is 0.126. The molecular formula is C9H10BrF2NO2S. The highest BCUT2D eigenvalue weighted by Gasteiger charge is 2.25. The first-order chi connectivity index (χ1) is 7.35. The quantitative estimate of drug-likeness (QED) is 0.855. The van der Waals surface area contributed by atoms with Gasteiger partial charge in [-0.1, -0.05) is 12.1 Å². The smallest absolute Gasteiger partial charge is 0.209 e. The Kier molecular flexibility index (Phi) is 4.40. The molecule has 0 aliphatic heterocycles. The van der Waals surface area contributed by atoms with Crippen molar-refractivity contribution in [3.05, 3.63) is 28.7 Å². The summed E-state index contributed by atoms with van der Waals surface area (Å²) in [6.07, 6.45) is -2.69. The molecule has 0 fully saturated rings. The first kappa shape index (κ1) is 13.5. The Labute approximate surface area is 101 Å². The molecule has 0 saturated carbocycles. The molecule has 1 aromatic carbocycles. The molecule has 0 heterocycles. The molecule has 0 aliphatic rings. The van der Waals surface area contributed by atoms with E-state index in [1.165, 1.54) is 12.1 Å². The Balaban J connectivity index is 3.08. The van der Waals surface area contributed by atoms with E-state index in [2.05, 4.69) is 15.9 Å². The predicted molar refractivity (Wildman–Crippen MR) is 60.0 cm³/mol. The van der Waals surface area contributed by atoms with Crippen LogP contribution in [0.15, 0.2) is 33.6 Å². The van der Waals surface area contributed by atoms with Crippen LogP contribution in [0.5, 0.6) is 0 Å². The van der Waals surface area contributed by atoms with Crippen LogP contribution in [0.25, 0.3) is 0 Å². The molecule has 0 radical (unpaired) electrons. The van der Waals surface area contributed by atoms with E-state index < -0.39 is 23.0 Å². The van der Waals surface area contributed by atoms with Crippen molar-refractivity contribution < 1.29 is 17.2 Å². The number of sulfonamides is 1. The van der Waals surface area contributed by atoms with Crippen LogP contribution in [0.1, 0.15) is 0 Å². The summed E-state index contributed by atoms with van der Waals surface area (Å²) in [6, 6.07) is 6.09. The van der Waals surface area contributed by atoms with Crippen LogP contribution < -0.4 is 0 Å². The standard InChI is InChI=1S/C9H10BrF2NO2S/c1-13(6-9(11)12)16(14,15)8-5-3-2-4-7(8)10/h2-5,9H,6H2,1H3. The SMILES string of the molecule is CN(CC(F)F)S(=O)(=O)c1ccccc1Br. The third kappa shape index (κ3) is 2.99. The first-order valence-corrected chi connectivity index (χ1v) is 6.58. The maximum Gasteiger partial charge on any atom is 0.252 e. The molecular weight excluding hydrogens is 304 g/mol. The van der Waals surface area contributed by atoms with Crippen molar-refractivity contribution in [3.63, 3.8) is 0 Å². The van der Waals surface area contributed by atoms with E-state index in [4.69, 9.17) is 0 Å². The molecule has 0 atom stereocenters. The van der Waals surface area contributed by atoms with E-state index in [-0.39, 0.29) is 4.90 Å². The fraction of sp³-hybridized carbons (Fsp3) is 0.333. The normalized spacial score (nSPS) is 12.4. The number of halogens is 3. The molecule has 1 aromatic rings. The lowest BCUT2D eigenvalue weighted by Gasteiger charge is -2.17. The molecule has 3 nitrogen and oxygen atoms in total. The van der Waals surface area contributed by atoms with Crippen molar-refractivity contribution in [2.24, 2.45) is 0 Å². The lowest BCUT2D eigenvalue weighted by Crippen LogP contribution is -2.31. The third-order valence-corrected chi connectivity index (χ3v) is 4.76. The second kappa shape index (κ2) is 5.20. The molecule has 0 spiro atoms. The first-order valence-electron chi connectivity index (χ1n) is 4.34. The Morgan fingerprint density at radius 2 is 1.94 bits per heavy atom. The van der Waals surface area contributed by atoms with Crippen LogP contribution >= 0.6 is 15.9 Å². The average molecular weight is 314 g/mol. The van der Waals surface area contributed by atoms with Gasteiger partial charge in [-0.05, 0) is 28.1 Å². The van der Waals surface area contributed by atoms with Gasteiger partial charge < -0.3 is 0 Å². The summed E-state index contributed by atoms with van der Waals surface area (Å²) in [6.45, 7) is -0.816. The Bertz CT molecular complexity index is 464. The highest BCUT2D eigenvalue weighted by Crippen LogP contribution is 2.24. The van der Waals surface area contributed by atoms with Crippen molar-refractivity contribution in [2.75, 3.05) is 13.6 Å². The highest BCUT2D eigenvalue weighted by molar-refractivity contribution is 9.10. The van der Waals surface area contributed by atoms with Gasteiger partial charge >= 0.3 is 0 Å². The van der Waals surface area contributed by atoms with Gasteiger partial charge in [0.1, 0.15) is 0 Å². The van der Waals surface area contributed by atoms with Crippen molar-refractivity contribution >= 4 is 26.0 Å². The summed E-state index contributed by atoms with van der Waals surface area (Å²) in [5.41, 5.74) is 0. The van der Waals surface area contributed by atoms with Gasteiger partial charge in [-0.25, -0.2) is 17.2 Å². The van der Waals surface area contributed by atoms with E-state index in [1.807, 2.05) is 0 Å². The number of benzene rings is 1. The average Bonchev–Trinajstić information content (AvgIpc) is 2.16. The van der Waals surface area contributed by atoms with Gasteiger partial charge in [-0.15, -0.1) is 0 Å². The Morgan fingerprint density at radius 3 is 2.44 bits per heavy atom. The predicted octanol–water partition coefficient (Wildman–Crippen LogP) is 2.33. The van der Waals surface area contributed by atoms with E-state index in [9.17, 15) is 17.2 Å². The van der Waals surface area contributed by atoms with E-state index in [0.29, 0.717) is 8.78 Å². The van der Waals surface area contributed by atoms with Gasteiger partial charge in [-0.2, -0.15) is 4.31 Å². The summed E-state index contributed by atoms with van der Waals surface area (Å²) in [5, 5.41) is 0. The fourth-order valence-corrected chi connectivity index (χ4v) is 3.22. The molecule has 0 aliphatic carbocycles. The topological polar surface area (TPSA) is 37.4 Å². The van der Waals surface area contributed by atoms with E-state index >= 15 is 0 Å². The van der Waals surface area contributed by atoms with Crippen molar-refractivity contribution in [2.45, 2.75) is 11.3 Å². The summed E-state index contributed by atoms with van der Waals surface area (Å²) in [4.78, 5) is -0.0156. The molecule has 7 heteroatoms. The number of hydrogen-bond acceptors (Lipinski definition) is 2. The van der Waals surface area contributed by atoms with Gasteiger partial charge in [0, 0.05) is 11.5 Å². The van der Waals surface area contributed by atoms with Gasteiger partial charge in [0.2, 0.25) is 10.0 Å². The summed E-state index contributed by atoms with van der Waals surface area (Å²) < 4.78 is 48.9. The van der Waals surface area contributed by atoms with Gasteiger partial charge in [0.05, 0.1) is 11.4 Å². The molecule has 1 rings (SSSR count). The maximum absolute atomic E-state index is 12.1. The van der Waals surface area contributed by atoms with Gasteiger partial charge in [0.15, 0.2) is 0 Å². The minimum atomic E-state index is -3.86. The number of rotatable bonds is 4. The number of nitrogens with zero attached hydrogens (tertiary/aromatic N) is 1. The molecule has 0 saturated heterocycles. The minimum absolute atomic E-state index is 0.0156. The second-order valence-corrected chi connectivity index (χ2v) is 5.97. The molecule has 0 N–H and O–H groups in total. The molecule has 0 unspecified atom stereocenters. The van der Waals surface area contributed by atoms with Crippen LogP contribution in [0.2, 0.25) is 0 Å². The Morgan fingerprint density at radius 1 is 1.38 bits per heavy atom. The molecule has 0 bridgehead atoms. The molecule has 16 heavy (non-hydrogen) atoms. The molecule has 90 valence electrons. The third-order valence-electron chi connectivity index (χ3n) is 1.92. The Hall–Kier alpha value is -0.530. The van der Waals surface area contributed by atoms with Crippen molar-refractivity contribution in [1.29, 1.82) is 0 Å². The monoisotopic (exact) mass is 313 g/mol. The molecule has 0 amide bonds. The highest BCUT2D eigenvalue weighted by atomic mass is 79.9. The minimum Gasteiger partial charge on any atom is -0.209 e. The van der Waals surface area contributed by atoms with Crippen LogP contribution in [0.3, 0.4) is 0 Å². The number of hydrogen-bond donors (Lipinski definition) is 0. The van der Waals surface area contributed by atoms with Gasteiger partial charge in [0.25, 0.3) is 6.43 Å². The summed E-state index contributed by atoms with van der Waals surface area (Å²) >= 11 is 3.07. The molecule has 0 aromatic heterocycles. The second-order valence-electron chi connectivity index (χ2n) is 3.11. The largest absolute Gasteiger partial charge is 0.252 e. The zero-order chi connectivity index (χ0) is 12.3. The van der Waals surface area contributed by atoms with Crippen LogP contribution in [0, 0.1) is 0 Å². The maximum atomic E-state index is 12.1. The fourth-order valence-electron chi connectivity index (χ4n) is 1.11.